The number of halogens is 3. The number of nitrogens with one attached hydrogen (secondary N) is 1. The molecule has 0 bridgehead atoms. The highest BCUT2D eigenvalue weighted by Crippen LogP contribution is 2.19. The van der Waals surface area contributed by atoms with E-state index < -0.39 is 12.7 Å². The van der Waals surface area contributed by atoms with Crippen LogP contribution in [0.2, 0.25) is 0 Å². The molecule has 0 aromatic carbocycles. The molecule has 3 nitrogen and oxygen atoms in total. The van der Waals surface area contributed by atoms with Crippen LogP contribution in [-0.2, 0) is 0 Å². The fourth-order valence-corrected chi connectivity index (χ4v) is 1.99. The summed E-state index contributed by atoms with van der Waals surface area (Å²) >= 11 is 0. The SMILES string of the molecule is CCN(CCCC(CC)(CO)NC)CC(F)(F)F. The van der Waals surface area contributed by atoms with Gasteiger partial charge in [-0.05, 0) is 39.4 Å². The molecule has 0 fully saturated rings. The summed E-state index contributed by atoms with van der Waals surface area (Å²) in [5, 5.41) is 12.4. The van der Waals surface area contributed by atoms with Gasteiger partial charge in [0.15, 0.2) is 0 Å². The maximum absolute atomic E-state index is 12.3. The van der Waals surface area contributed by atoms with Crippen LogP contribution in [0.1, 0.15) is 33.1 Å². The molecule has 0 aromatic heterocycles. The van der Waals surface area contributed by atoms with Crippen molar-refractivity contribution in [3.63, 3.8) is 0 Å². The lowest BCUT2D eigenvalue weighted by Gasteiger charge is -2.31. The lowest BCUT2D eigenvalue weighted by molar-refractivity contribution is -0.145. The van der Waals surface area contributed by atoms with Crippen LogP contribution < -0.4 is 5.32 Å². The van der Waals surface area contributed by atoms with Gasteiger partial charge >= 0.3 is 6.18 Å². The van der Waals surface area contributed by atoms with E-state index in [-0.39, 0.29) is 12.1 Å². The molecule has 1 unspecified atom stereocenters. The van der Waals surface area contributed by atoms with Gasteiger partial charge in [-0.15, -0.1) is 0 Å². The summed E-state index contributed by atoms with van der Waals surface area (Å²) in [4.78, 5) is 1.38. The maximum Gasteiger partial charge on any atom is 0.401 e. The van der Waals surface area contributed by atoms with Crippen LogP contribution in [0, 0.1) is 0 Å². The topological polar surface area (TPSA) is 35.5 Å². The van der Waals surface area contributed by atoms with Gasteiger partial charge in [0.05, 0.1) is 13.2 Å². The molecule has 0 amide bonds. The van der Waals surface area contributed by atoms with Crippen molar-refractivity contribution in [2.75, 3.05) is 33.3 Å². The Morgan fingerprint density at radius 3 is 2.17 bits per heavy atom. The Morgan fingerprint density at radius 2 is 1.83 bits per heavy atom. The summed E-state index contributed by atoms with van der Waals surface area (Å²) in [7, 11) is 1.77. The molecular formula is C12H25F3N2O. The summed E-state index contributed by atoms with van der Waals surface area (Å²) in [6.07, 6.45) is -2.08. The highest BCUT2D eigenvalue weighted by atomic mass is 19.4. The minimum absolute atomic E-state index is 0.00535. The molecular weight excluding hydrogens is 245 g/mol. The fraction of sp³-hybridized carbons (Fsp3) is 1.00. The molecule has 0 rings (SSSR count). The average molecular weight is 270 g/mol. The number of hydrogen-bond acceptors (Lipinski definition) is 3. The van der Waals surface area contributed by atoms with Gasteiger partial charge in [-0.1, -0.05) is 13.8 Å². The second-order valence-electron chi connectivity index (χ2n) is 4.63. The van der Waals surface area contributed by atoms with E-state index in [1.807, 2.05) is 6.92 Å². The summed E-state index contributed by atoms with van der Waals surface area (Å²) in [6, 6.07) is 0. The van der Waals surface area contributed by atoms with Gasteiger partial charge in [-0.2, -0.15) is 13.2 Å². The molecule has 0 aromatic rings. The minimum atomic E-state index is -4.14. The van der Waals surface area contributed by atoms with E-state index in [0.29, 0.717) is 25.9 Å². The monoisotopic (exact) mass is 270 g/mol. The van der Waals surface area contributed by atoms with Crippen molar-refractivity contribution in [1.29, 1.82) is 0 Å². The molecule has 0 spiro atoms. The zero-order chi connectivity index (χ0) is 14.2. The van der Waals surface area contributed by atoms with E-state index in [4.69, 9.17) is 0 Å². The van der Waals surface area contributed by atoms with Crippen LogP contribution in [-0.4, -0.2) is 55.0 Å². The van der Waals surface area contributed by atoms with Crippen LogP contribution in [0.3, 0.4) is 0 Å². The lowest BCUT2D eigenvalue weighted by atomic mass is 9.91. The highest BCUT2D eigenvalue weighted by molar-refractivity contribution is 4.84. The van der Waals surface area contributed by atoms with Crippen LogP contribution >= 0.6 is 0 Å². The first-order valence-electron chi connectivity index (χ1n) is 6.41. The van der Waals surface area contributed by atoms with Crippen LogP contribution in [0.5, 0.6) is 0 Å². The largest absolute Gasteiger partial charge is 0.401 e. The fourth-order valence-electron chi connectivity index (χ4n) is 1.99. The van der Waals surface area contributed by atoms with Gasteiger partial charge in [0, 0.05) is 5.54 Å². The van der Waals surface area contributed by atoms with Crippen molar-refractivity contribution < 1.29 is 18.3 Å². The maximum atomic E-state index is 12.3. The first kappa shape index (κ1) is 17.7. The molecule has 6 heteroatoms. The zero-order valence-corrected chi connectivity index (χ0v) is 11.5. The lowest BCUT2D eigenvalue weighted by Crippen LogP contribution is -2.46. The smallest absolute Gasteiger partial charge is 0.394 e. The standard InChI is InChI=1S/C12H25F3N2O/c1-4-11(10-18,16-3)7-6-8-17(5-2)9-12(13,14)15/h16,18H,4-10H2,1-3H3. The number of alkyl halides is 3. The molecule has 0 aliphatic heterocycles. The normalized spacial score (nSPS) is 16.0. The quantitative estimate of drug-likeness (QED) is 0.673. The molecule has 0 aliphatic carbocycles. The number of rotatable bonds is 9. The predicted molar refractivity (Wildman–Crippen MR) is 66.6 cm³/mol. The van der Waals surface area contributed by atoms with Crippen LogP contribution in [0.25, 0.3) is 0 Å². The third-order valence-electron chi connectivity index (χ3n) is 3.49. The van der Waals surface area contributed by atoms with Crippen molar-refractivity contribution in [2.24, 2.45) is 0 Å². The van der Waals surface area contributed by atoms with Crippen LogP contribution in [0.4, 0.5) is 13.2 Å². The van der Waals surface area contributed by atoms with Crippen molar-refractivity contribution >= 4 is 0 Å². The number of likely N-dealkylation sites (N-methyl/N-ethyl adjacent to an activating group) is 1. The van der Waals surface area contributed by atoms with Gasteiger partial charge in [-0.25, -0.2) is 0 Å². The molecule has 0 aliphatic rings. The second kappa shape index (κ2) is 7.96. The Morgan fingerprint density at radius 1 is 1.22 bits per heavy atom. The molecule has 1 atom stereocenters. The molecule has 0 radical (unpaired) electrons. The van der Waals surface area contributed by atoms with E-state index in [0.717, 1.165) is 6.42 Å². The van der Waals surface area contributed by atoms with Crippen molar-refractivity contribution in [3.8, 4) is 0 Å². The van der Waals surface area contributed by atoms with E-state index in [1.165, 1.54) is 4.90 Å². The Balaban J connectivity index is 4.14. The van der Waals surface area contributed by atoms with Gasteiger partial charge in [0.25, 0.3) is 0 Å². The second-order valence-corrected chi connectivity index (χ2v) is 4.63. The molecule has 2 N–H and O–H groups in total. The van der Waals surface area contributed by atoms with Crippen LogP contribution in [0.15, 0.2) is 0 Å². The first-order chi connectivity index (χ1) is 8.32. The molecule has 0 saturated carbocycles. The van der Waals surface area contributed by atoms with Gasteiger partial charge in [0.1, 0.15) is 0 Å². The van der Waals surface area contributed by atoms with Crippen molar-refractivity contribution in [1.82, 2.24) is 10.2 Å². The molecule has 110 valence electrons. The van der Waals surface area contributed by atoms with E-state index in [9.17, 15) is 18.3 Å². The summed E-state index contributed by atoms with van der Waals surface area (Å²) in [5.41, 5.74) is -0.363. The van der Waals surface area contributed by atoms with Crippen molar-refractivity contribution in [3.05, 3.63) is 0 Å². The van der Waals surface area contributed by atoms with E-state index in [1.54, 1.807) is 14.0 Å². The van der Waals surface area contributed by atoms with Gasteiger partial charge in [-0.3, -0.25) is 4.90 Å². The average Bonchev–Trinajstić information content (AvgIpc) is 2.32. The van der Waals surface area contributed by atoms with Gasteiger partial charge in [0.2, 0.25) is 0 Å². The minimum Gasteiger partial charge on any atom is -0.394 e. The Hall–Kier alpha value is -0.330. The van der Waals surface area contributed by atoms with E-state index >= 15 is 0 Å². The number of aliphatic hydroxyl groups excluding tert-OH is 1. The summed E-state index contributed by atoms with van der Waals surface area (Å²) < 4.78 is 36.8. The Bertz CT molecular complexity index is 210. The highest BCUT2D eigenvalue weighted by Gasteiger charge is 2.30. The first-order valence-corrected chi connectivity index (χ1v) is 6.41. The van der Waals surface area contributed by atoms with Crippen molar-refractivity contribution in [2.45, 2.75) is 44.8 Å². The number of nitrogens with zero attached hydrogens (tertiary/aromatic N) is 1. The summed E-state index contributed by atoms with van der Waals surface area (Å²) in [6.45, 7) is 3.62. The molecule has 0 saturated heterocycles. The third-order valence-corrected chi connectivity index (χ3v) is 3.49. The number of aliphatic hydroxyl groups is 1. The van der Waals surface area contributed by atoms with Gasteiger partial charge < -0.3 is 10.4 Å². The Labute approximate surface area is 107 Å². The zero-order valence-electron chi connectivity index (χ0n) is 11.5. The van der Waals surface area contributed by atoms with E-state index in [2.05, 4.69) is 5.32 Å². The third kappa shape index (κ3) is 6.56. The Kier molecular flexibility index (Phi) is 7.82. The number of hydrogen-bond donors (Lipinski definition) is 2. The summed E-state index contributed by atoms with van der Waals surface area (Å²) in [5.74, 6) is 0. The molecule has 18 heavy (non-hydrogen) atoms. The predicted octanol–water partition coefficient (Wildman–Crippen LogP) is 2.01. The molecule has 0 heterocycles.